The molecular weight excluding hydrogens is 298 g/mol. The molecule has 0 aliphatic heterocycles. The number of ether oxygens (including phenoxy) is 1. The van der Waals surface area contributed by atoms with Gasteiger partial charge in [0.25, 0.3) is 5.91 Å². The number of nitrogens with one attached hydrogen (secondary N) is 1. The van der Waals surface area contributed by atoms with Crippen LogP contribution in [0.2, 0.25) is 0 Å². The molecule has 1 aliphatic carbocycles. The third-order valence-electron chi connectivity index (χ3n) is 3.98. The molecule has 7 heteroatoms. The minimum absolute atomic E-state index is 0.0882. The summed E-state index contributed by atoms with van der Waals surface area (Å²) in [6.07, 6.45) is 2.65. The Bertz CT molecular complexity index is 717. The van der Waals surface area contributed by atoms with Crippen molar-refractivity contribution in [2.75, 3.05) is 7.11 Å². The second kappa shape index (κ2) is 6.12. The van der Waals surface area contributed by atoms with Gasteiger partial charge >= 0.3 is 5.97 Å². The van der Waals surface area contributed by atoms with Crippen molar-refractivity contribution in [1.29, 1.82) is 0 Å². The van der Waals surface area contributed by atoms with Gasteiger partial charge in [-0.05, 0) is 43.2 Å². The zero-order valence-electron chi connectivity index (χ0n) is 12.6. The Morgan fingerprint density at radius 2 is 1.96 bits per heavy atom. The fourth-order valence-corrected chi connectivity index (χ4v) is 2.52. The maximum Gasteiger partial charge on any atom is 0.306 e. The molecule has 23 heavy (non-hydrogen) atoms. The van der Waals surface area contributed by atoms with E-state index in [-0.39, 0.29) is 17.9 Å². The molecule has 0 radical (unpaired) electrons. The lowest BCUT2D eigenvalue weighted by Crippen LogP contribution is -2.46. The molecular formula is C16H17N3O4. The van der Waals surface area contributed by atoms with E-state index in [9.17, 15) is 9.59 Å². The quantitative estimate of drug-likeness (QED) is 0.871. The van der Waals surface area contributed by atoms with Crippen LogP contribution >= 0.6 is 0 Å². The van der Waals surface area contributed by atoms with E-state index in [0.717, 1.165) is 11.4 Å². The number of aromatic nitrogens is 2. The number of amides is 1. The lowest BCUT2D eigenvalue weighted by atomic mass is 9.80. The highest BCUT2D eigenvalue weighted by molar-refractivity contribution is 5.92. The van der Waals surface area contributed by atoms with Gasteiger partial charge in [-0.3, -0.25) is 9.59 Å². The number of carbonyl (C=O) groups excluding carboxylic acids is 1. The summed E-state index contributed by atoms with van der Waals surface area (Å²) < 4.78 is 6.71. The first-order chi connectivity index (χ1) is 11.1. The summed E-state index contributed by atoms with van der Waals surface area (Å²) in [5.74, 6) is -0.695. The molecule has 0 unspecified atom stereocenters. The average Bonchev–Trinajstić information content (AvgIpc) is 3.00. The summed E-state index contributed by atoms with van der Waals surface area (Å²) in [6, 6.07) is 8.87. The summed E-state index contributed by atoms with van der Waals surface area (Å²) in [7, 11) is 1.60. The SMILES string of the molecule is COc1ccc(-n2ccc(C(=O)NC3CC(C(=O)O)C3)n2)cc1. The number of aliphatic carboxylic acids is 1. The molecule has 1 aromatic carbocycles. The van der Waals surface area contributed by atoms with Crippen molar-refractivity contribution >= 4 is 11.9 Å². The minimum atomic E-state index is -0.806. The van der Waals surface area contributed by atoms with E-state index >= 15 is 0 Å². The first-order valence-electron chi connectivity index (χ1n) is 7.30. The summed E-state index contributed by atoms with van der Waals surface area (Å²) in [5.41, 5.74) is 1.12. The number of hydrogen-bond acceptors (Lipinski definition) is 4. The summed E-state index contributed by atoms with van der Waals surface area (Å²) in [5, 5.41) is 15.9. The molecule has 2 aromatic rings. The summed E-state index contributed by atoms with van der Waals surface area (Å²) in [6.45, 7) is 0. The van der Waals surface area contributed by atoms with Gasteiger partial charge in [0.15, 0.2) is 5.69 Å². The monoisotopic (exact) mass is 315 g/mol. The van der Waals surface area contributed by atoms with E-state index in [1.807, 2.05) is 24.3 Å². The smallest absolute Gasteiger partial charge is 0.306 e. The topological polar surface area (TPSA) is 93.5 Å². The van der Waals surface area contributed by atoms with Gasteiger partial charge in [0.1, 0.15) is 5.75 Å². The van der Waals surface area contributed by atoms with Gasteiger partial charge in [-0.25, -0.2) is 4.68 Å². The summed E-state index contributed by atoms with van der Waals surface area (Å²) in [4.78, 5) is 22.9. The fourth-order valence-electron chi connectivity index (χ4n) is 2.52. The molecule has 120 valence electrons. The Balaban J connectivity index is 1.62. The van der Waals surface area contributed by atoms with Crippen LogP contribution in [0.4, 0.5) is 0 Å². The maximum atomic E-state index is 12.1. The Kier molecular flexibility index (Phi) is 4.01. The number of carboxylic acid groups (broad SMARTS) is 1. The second-order valence-electron chi connectivity index (χ2n) is 5.52. The normalized spacial score (nSPS) is 19.7. The van der Waals surface area contributed by atoms with Crippen LogP contribution in [0.5, 0.6) is 5.75 Å². The molecule has 0 saturated heterocycles. The molecule has 1 aliphatic rings. The van der Waals surface area contributed by atoms with Crippen LogP contribution in [0.25, 0.3) is 5.69 Å². The highest BCUT2D eigenvalue weighted by atomic mass is 16.5. The van der Waals surface area contributed by atoms with Crippen molar-refractivity contribution in [2.45, 2.75) is 18.9 Å². The van der Waals surface area contributed by atoms with Crippen molar-refractivity contribution in [2.24, 2.45) is 5.92 Å². The van der Waals surface area contributed by atoms with E-state index < -0.39 is 5.97 Å². The van der Waals surface area contributed by atoms with Crippen LogP contribution < -0.4 is 10.1 Å². The summed E-state index contributed by atoms with van der Waals surface area (Å²) >= 11 is 0. The van der Waals surface area contributed by atoms with Gasteiger partial charge in [0.05, 0.1) is 18.7 Å². The lowest BCUT2D eigenvalue weighted by Gasteiger charge is -2.32. The number of benzene rings is 1. The van der Waals surface area contributed by atoms with E-state index in [1.54, 1.807) is 24.1 Å². The zero-order chi connectivity index (χ0) is 16.4. The van der Waals surface area contributed by atoms with Crippen LogP contribution in [0.15, 0.2) is 36.5 Å². The van der Waals surface area contributed by atoms with Crippen molar-refractivity contribution < 1.29 is 19.4 Å². The van der Waals surface area contributed by atoms with Crippen molar-refractivity contribution in [3.05, 3.63) is 42.2 Å². The van der Waals surface area contributed by atoms with Gasteiger partial charge < -0.3 is 15.2 Å². The van der Waals surface area contributed by atoms with Crippen LogP contribution in [0, 0.1) is 5.92 Å². The number of carbonyl (C=O) groups is 2. The van der Waals surface area contributed by atoms with Gasteiger partial charge in [-0.15, -0.1) is 0 Å². The molecule has 0 atom stereocenters. The van der Waals surface area contributed by atoms with Crippen molar-refractivity contribution in [3.8, 4) is 11.4 Å². The molecule has 2 N–H and O–H groups in total. The van der Waals surface area contributed by atoms with E-state index in [2.05, 4.69) is 10.4 Å². The average molecular weight is 315 g/mol. The Morgan fingerprint density at radius 1 is 1.26 bits per heavy atom. The molecule has 7 nitrogen and oxygen atoms in total. The number of hydrogen-bond donors (Lipinski definition) is 2. The van der Waals surface area contributed by atoms with Gasteiger partial charge in [0.2, 0.25) is 0 Å². The molecule has 0 bridgehead atoms. The van der Waals surface area contributed by atoms with Gasteiger partial charge in [-0.1, -0.05) is 0 Å². The first kappa shape index (κ1) is 15.1. The standard InChI is InChI=1S/C16H17N3O4/c1-23-13-4-2-12(3-5-13)19-7-6-14(18-19)15(20)17-11-8-10(9-11)16(21)22/h2-7,10-11H,8-9H2,1H3,(H,17,20)(H,21,22). The second-order valence-corrected chi connectivity index (χ2v) is 5.52. The third-order valence-corrected chi connectivity index (χ3v) is 3.98. The third kappa shape index (κ3) is 3.18. The predicted octanol–water partition coefficient (Wildman–Crippen LogP) is 1.47. The van der Waals surface area contributed by atoms with Gasteiger partial charge in [-0.2, -0.15) is 5.10 Å². The number of rotatable bonds is 5. The molecule has 1 aromatic heterocycles. The van der Waals surface area contributed by atoms with Crippen LogP contribution in [0.1, 0.15) is 23.3 Å². The molecule has 1 heterocycles. The van der Waals surface area contributed by atoms with Crippen LogP contribution in [0.3, 0.4) is 0 Å². The lowest BCUT2D eigenvalue weighted by molar-refractivity contribution is -0.145. The van der Waals surface area contributed by atoms with Crippen LogP contribution in [-0.4, -0.2) is 39.9 Å². The van der Waals surface area contributed by atoms with E-state index in [0.29, 0.717) is 18.5 Å². The first-order valence-corrected chi connectivity index (χ1v) is 7.30. The zero-order valence-corrected chi connectivity index (χ0v) is 12.6. The van der Waals surface area contributed by atoms with Gasteiger partial charge in [0, 0.05) is 12.2 Å². The molecule has 3 rings (SSSR count). The molecule has 1 amide bonds. The van der Waals surface area contributed by atoms with E-state index in [4.69, 9.17) is 9.84 Å². The number of methoxy groups -OCH3 is 1. The maximum absolute atomic E-state index is 12.1. The Morgan fingerprint density at radius 3 is 2.57 bits per heavy atom. The molecule has 1 fully saturated rings. The number of nitrogens with zero attached hydrogens (tertiary/aromatic N) is 2. The highest BCUT2D eigenvalue weighted by Crippen LogP contribution is 2.27. The molecule has 0 spiro atoms. The minimum Gasteiger partial charge on any atom is -0.497 e. The number of carboxylic acids is 1. The highest BCUT2D eigenvalue weighted by Gasteiger charge is 2.35. The largest absolute Gasteiger partial charge is 0.497 e. The van der Waals surface area contributed by atoms with Crippen molar-refractivity contribution in [1.82, 2.24) is 15.1 Å². The molecule has 1 saturated carbocycles. The Labute approximate surface area is 132 Å². The van der Waals surface area contributed by atoms with Crippen molar-refractivity contribution in [3.63, 3.8) is 0 Å². The Hall–Kier alpha value is -2.83. The van der Waals surface area contributed by atoms with E-state index in [1.165, 1.54) is 0 Å². The van der Waals surface area contributed by atoms with Crippen LogP contribution in [-0.2, 0) is 4.79 Å². The predicted molar refractivity (Wildman–Crippen MR) is 81.7 cm³/mol. The fraction of sp³-hybridized carbons (Fsp3) is 0.312.